The van der Waals surface area contributed by atoms with Gasteiger partial charge in [0.05, 0.1) is 0 Å². The van der Waals surface area contributed by atoms with Crippen molar-refractivity contribution in [2.75, 3.05) is 6.26 Å². The van der Waals surface area contributed by atoms with Crippen molar-refractivity contribution in [3.05, 3.63) is 42.9 Å². The van der Waals surface area contributed by atoms with Gasteiger partial charge in [-0.25, -0.2) is 9.97 Å². The Balaban J connectivity index is 2.11. The molecule has 1 aromatic heterocycles. The molecule has 0 bridgehead atoms. The van der Waals surface area contributed by atoms with Crippen LogP contribution in [0.5, 0.6) is 11.6 Å². The lowest BCUT2D eigenvalue weighted by Gasteiger charge is -2.04. The van der Waals surface area contributed by atoms with Gasteiger partial charge in [-0.15, -0.1) is 11.8 Å². The van der Waals surface area contributed by atoms with Crippen LogP contribution in [-0.4, -0.2) is 16.2 Å². The van der Waals surface area contributed by atoms with E-state index in [1.54, 1.807) is 24.0 Å². The molecule has 0 unspecified atom stereocenters. The quantitative estimate of drug-likeness (QED) is 0.742. The summed E-state index contributed by atoms with van der Waals surface area (Å²) in [4.78, 5) is 9.01. The zero-order chi connectivity index (χ0) is 10.5. The monoisotopic (exact) mass is 218 g/mol. The van der Waals surface area contributed by atoms with Gasteiger partial charge < -0.3 is 4.74 Å². The summed E-state index contributed by atoms with van der Waals surface area (Å²) in [7, 11) is 0. The molecule has 0 atom stereocenters. The third-order valence-electron chi connectivity index (χ3n) is 1.84. The van der Waals surface area contributed by atoms with E-state index in [0.29, 0.717) is 5.88 Å². The van der Waals surface area contributed by atoms with Gasteiger partial charge in [-0.1, -0.05) is 0 Å². The van der Waals surface area contributed by atoms with Gasteiger partial charge in [0.1, 0.15) is 12.1 Å². The van der Waals surface area contributed by atoms with Crippen LogP contribution >= 0.6 is 11.8 Å². The molecule has 0 fully saturated rings. The maximum atomic E-state index is 5.52. The molecule has 1 aromatic carbocycles. The number of ether oxygens (including phenoxy) is 1. The lowest BCUT2D eigenvalue weighted by molar-refractivity contribution is 0.461. The Kier molecular flexibility index (Phi) is 3.19. The van der Waals surface area contributed by atoms with E-state index in [1.165, 1.54) is 11.2 Å². The molecule has 15 heavy (non-hydrogen) atoms. The second-order valence-corrected chi connectivity index (χ2v) is 3.70. The van der Waals surface area contributed by atoms with Crippen LogP contribution in [-0.2, 0) is 0 Å². The van der Waals surface area contributed by atoms with Crippen LogP contribution in [0.15, 0.2) is 47.8 Å². The Bertz CT molecular complexity index is 416. The Hall–Kier alpha value is -1.55. The molecule has 0 saturated carbocycles. The van der Waals surface area contributed by atoms with Crippen molar-refractivity contribution >= 4 is 11.8 Å². The van der Waals surface area contributed by atoms with Crippen LogP contribution in [0.3, 0.4) is 0 Å². The van der Waals surface area contributed by atoms with E-state index in [4.69, 9.17) is 4.74 Å². The lowest BCUT2D eigenvalue weighted by atomic mass is 10.3. The maximum Gasteiger partial charge on any atom is 0.222 e. The molecule has 0 N–H and O–H groups in total. The number of aromatic nitrogens is 2. The van der Waals surface area contributed by atoms with Crippen LogP contribution in [0.25, 0.3) is 0 Å². The summed E-state index contributed by atoms with van der Waals surface area (Å²) in [5.41, 5.74) is 0. The van der Waals surface area contributed by atoms with Crippen LogP contribution in [0, 0.1) is 0 Å². The summed E-state index contributed by atoms with van der Waals surface area (Å²) in [6, 6.07) is 9.60. The first-order chi connectivity index (χ1) is 7.38. The molecule has 4 heteroatoms. The number of benzene rings is 1. The summed E-state index contributed by atoms with van der Waals surface area (Å²) >= 11 is 1.70. The molecule has 3 nitrogen and oxygen atoms in total. The number of nitrogens with zero attached hydrogens (tertiary/aromatic N) is 2. The molecule has 2 rings (SSSR count). The smallest absolute Gasteiger partial charge is 0.222 e. The average Bonchev–Trinajstić information content (AvgIpc) is 2.31. The third kappa shape index (κ3) is 2.70. The molecule has 2 aromatic rings. The molecule has 76 valence electrons. The summed E-state index contributed by atoms with van der Waals surface area (Å²) in [6.07, 6.45) is 5.16. The first-order valence-corrected chi connectivity index (χ1v) is 5.69. The predicted octanol–water partition coefficient (Wildman–Crippen LogP) is 2.99. The molecule has 0 radical (unpaired) electrons. The number of thioether (sulfide) groups is 1. The Morgan fingerprint density at radius 2 is 1.93 bits per heavy atom. The van der Waals surface area contributed by atoms with Crippen molar-refractivity contribution in [2.24, 2.45) is 0 Å². The van der Waals surface area contributed by atoms with Crippen molar-refractivity contribution in [2.45, 2.75) is 4.90 Å². The normalized spacial score (nSPS) is 9.93. The van der Waals surface area contributed by atoms with Gasteiger partial charge in [0.15, 0.2) is 0 Å². The highest BCUT2D eigenvalue weighted by Crippen LogP contribution is 2.22. The molecule has 0 aliphatic heterocycles. The molecule has 1 heterocycles. The molecule has 0 saturated heterocycles. The highest BCUT2D eigenvalue weighted by Gasteiger charge is 1.97. The van der Waals surface area contributed by atoms with E-state index >= 15 is 0 Å². The van der Waals surface area contributed by atoms with Gasteiger partial charge >= 0.3 is 0 Å². The van der Waals surface area contributed by atoms with E-state index < -0.39 is 0 Å². The van der Waals surface area contributed by atoms with Gasteiger partial charge in [0.2, 0.25) is 5.88 Å². The zero-order valence-electron chi connectivity index (χ0n) is 8.25. The highest BCUT2D eigenvalue weighted by atomic mass is 32.2. The van der Waals surface area contributed by atoms with Crippen LogP contribution < -0.4 is 4.74 Å². The van der Waals surface area contributed by atoms with Crippen molar-refractivity contribution in [3.63, 3.8) is 0 Å². The zero-order valence-corrected chi connectivity index (χ0v) is 9.07. The second kappa shape index (κ2) is 4.79. The van der Waals surface area contributed by atoms with Gasteiger partial charge in [0, 0.05) is 17.2 Å². The fraction of sp³-hybridized carbons (Fsp3) is 0.0909. The SMILES string of the molecule is CSc1ccc(Oc2ccncn2)cc1. The van der Waals surface area contributed by atoms with Gasteiger partial charge in [-0.2, -0.15) is 0 Å². The summed E-state index contributed by atoms with van der Waals surface area (Å²) in [5, 5.41) is 0. The van der Waals surface area contributed by atoms with Gasteiger partial charge in [0.25, 0.3) is 0 Å². The van der Waals surface area contributed by atoms with E-state index in [9.17, 15) is 0 Å². The first kappa shape index (κ1) is 9.98. The van der Waals surface area contributed by atoms with Crippen LogP contribution in [0.2, 0.25) is 0 Å². The summed E-state index contributed by atoms with van der Waals surface area (Å²) in [5.74, 6) is 1.34. The van der Waals surface area contributed by atoms with E-state index in [1.807, 2.05) is 30.5 Å². The maximum absolute atomic E-state index is 5.52. The predicted molar refractivity (Wildman–Crippen MR) is 60.3 cm³/mol. The summed E-state index contributed by atoms with van der Waals surface area (Å²) < 4.78 is 5.52. The van der Waals surface area contributed by atoms with E-state index in [0.717, 1.165) is 5.75 Å². The molecule has 0 amide bonds. The lowest BCUT2D eigenvalue weighted by Crippen LogP contribution is -1.87. The Morgan fingerprint density at radius 1 is 1.13 bits per heavy atom. The van der Waals surface area contributed by atoms with Crippen LogP contribution in [0.4, 0.5) is 0 Å². The third-order valence-corrected chi connectivity index (χ3v) is 2.58. The Labute approximate surface area is 92.5 Å². The van der Waals surface area contributed by atoms with E-state index in [-0.39, 0.29) is 0 Å². The largest absolute Gasteiger partial charge is 0.439 e. The number of hydrogen-bond acceptors (Lipinski definition) is 4. The molecular weight excluding hydrogens is 208 g/mol. The van der Waals surface area contributed by atoms with Crippen molar-refractivity contribution in [1.29, 1.82) is 0 Å². The van der Waals surface area contributed by atoms with Crippen molar-refractivity contribution in [3.8, 4) is 11.6 Å². The molecular formula is C11H10N2OS. The van der Waals surface area contributed by atoms with Gasteiger partial charge in [-0.05, 0) is 30.5 Å². The first-order valence-electron chi connectivity index (χ1n) is 4.46. The standard InChI is InChI=1S/C11H10N2OS/c1-15-10-4-2-9(3-5-10)14-11-6-7-12-8-13-11/h2-8H,1H3. The fourth-order valence-corrected chi connectivity index (χ4v) is 1.51. The fourth-order valence-electron chi connectivity index (χ4n) is 1.10. The minimum atomic E-state index is 0.557. The second-order valence-electron chi connectivity index (χ2n) is 2.83. The molecule has 0 spiro atoms. The highest BCUT2D eigenvalue weighted by molar-refractivity contribution is 7.98. The topological polar surface area (TPSA) is 35.0 Å². The van der Waals surface area contributed by atoms with E-state index in [2.05, 4.69) is 9.97 Å². The average molecular weight is 218 g/mol. The number of hydrogen-bond donors (Lipinski definition) is 0. The van der Waals surface area contributed by atoms with Gasteiger partial charge in [-0.3, -0.25) is 0 Å². The Morgan fingerprint density at radius 3 is 2.53 bits per heavy atom. The number of rotatable bonds is 3. The summed E-state index contributed by atoms with van der Waals surface area (Å²) in [6.45, 7) is 0. The molecule has 0 aliphatic carbocycles. The van der Waals surface area contributed by atoms with Crippen molar-refractivity contribution in [1.82, 2.24) is 9.97 Å². The minimum absolute atomic E-state index is 0.557. The van der Waals surface area contributed by atoms with Crippen LogP contribution in [0.1, 0.15) is 0 Å². The van der Waals surface area contributed by atoms with Crippen molar-refractivity contribution < 1.29 is 4.74 Å². The minimum Gasteiger partial charge on any atom is -0.439 e. The molecule has 0 aliphatic rings.